The maximum absolute atomic E-state index is 10.5. The minimum Gasteiger partial charge on any atom is -0.394 e. The van der Waals surface area contributed by atoms with Crippen molar-refractivity contribution in [2.75, 3.05) is 13.2 Å². The van der Waals surface area contributed by atoms with Gasteiger partial charge in [-0.15, -0.1) is 0 Å². The minimum absolute atomic E-state index is 0.452. The van der Waals surface area contributed by atoms with Crippen LogP contribution in [0.2, 0.25) is 0 Å². The monoisotopic (exact) mass is 196 g/mol. The summed E-state index contributed by atoms with van der Waals surface area (Å²) in [6.45, 7) is 2.05. The Balaban J connectivity index is 4.05. The lowest BCUT2D eigenvalue weighted by Gasteiger charge is -2.01. The minimum atomic E-state index is -4.34. The van der Waals surface area contributed by atoms with Crippen LogP contribution in [0, 0.1) is 0 Å². The largest absolute Gasteiger partial charge is 0.451 e. The second kappa shape index (κ2) is 4.86. The Morgan fingerprint density at radius 3 is 2.58 bits per heavy atom. The quantitative estimate of drug-likeness (QED) is 0.565. The van der Waals surface area contributed by atoms with E-state index in [0.29, 0.717) is 6.08 Å². The first kappa shape index (κ1) is 11.1. The Morgan fingerprint density at radius 1 is 1.58 bits per heavy atom. The summed E-state index contributed by atoms with van der Waals surface area (Å²) in [5.41, 5.74) is 0. The molecule has 0 aliphatic rings. The van der Waals surface area contributed by atoms with E-state index in [1.54, 1.807) is 0 Å². The molecule has 0 aliphatic heterocycles. The van der Waals surface area contributed by atoms with E-state index in [9.17, 15) is 13.2 Å². The van der Waals surface area contributed by atoms with Gasteiger partial charge in [0.2, 0.25) is 0 Å². The molecule has 0 aromatic carbocycles. The normalized spacial score (nSPS) is 10.8. The Kier molecular flexibility index (Phi) is 4.49. The fourth-order valence-corrected chi connectivity index (χ4v) is 0.894. The topological polar surface area (TPSA) is 89.9 Å². The van der Waals surface area contributed by atoms with E-state index >= 15 is 0 Å². The molecule has 0 bridgehead atoms. The zero-order chi connectivity index (χ0) is 9.61. The number of hydrogen-bond donors (Lipinski definition) is 1. The number of aliphatic hydroxyl groups excluding tert-OH is 1. The highest BCUT2D eigenvalue weighted by molar-refractivity contribution is 7.82. The average molecular weight is 196 g/mol. The zero-order valence-electron chi connectivity index (χ0n) is 6.10. The van der Waals surface area contributed by atoms with Crippen molar-refractivity contribution in [2.24, 2.45) is 0 Å². The van der Waals surface area contributed by atoms with Gasteiger partial charge in [0, 0.05) is 6.08 Å². The molecule has 0 spiro atoms. The third kappa shape index (κ3) is 4.83. The lowest BCUT2D eigenvalue weighted by atomic mass is 10.7. The first-order chi connectivity index (χ1) is 5.52. The molecular formula is C5H8O6S. The fourth-order valence-electron chi connectivity index (χ4n) is 0.298. The van der Waals surface area contributed by atoms with Crippen molar-refractivity contribution in [1.29, 1.82) is 0 Å². The standard InChI is InChI=1S/C5H8O6S/c1-2-5(7)11-12(8,9)10-4-3-6/h2,6H,1,3-4H2. The van der Waals surface area contributed by atoms with Gasteiger partial charge in [-0.3, -0.25) is 0 Å². The highest BCUT2D eigenvalue weighted by Gasteiger charge is 2.15. The highest BCUT2D eigenvalue weighted by Crippen LogP contribution is 1.96. The molecule has 0 rings (SSSR count). The lowest BCUT2D eigenvalue weighted by Crippen LogP contribution is -2.15. The smallest absolute Gasteiger partial charge is 0.394 e. The molecule has 0 unspecified atom stereocenters. The Bertz CT molecular complexity index is 253. The van der Waals surface area contributed by atoms with Crippen molar-refractivity contribution < 1.29 is 26.7 Å². The first-order valence-electron chi connectivity index (χ1n) is 2.88. The van der Waals surface area contributed by atoms with Gasteiger partial charge in [-0.25, -0.2) is 8.98 Å². The van der Waals surface area contributed by atoms with Crippen LogP contribution in [0.25, 0.3) is 0 Å². The summed E-state index contributed by atoms with van der Waals surface area (Å²) >= 11 is 0. The van der Waals surface area contributed by atoms with Crippen LogP contribution in [0.1, 0.15) is 0 Å². The molecule has 0 heterocycles. The summed E-state index contributed by atoms with van der Waals surface area (Å²) in [5.74, 6) is -1.13. The van der Waals surface area contributed by atoms with Crippen molar-refractivity contribution >= 4 is 16.4 Å². The summed E-state index contributed by atoms with van der Waals surface area (Å²) in [6, 6.07) is 0. The van der Waals surface area contributed by atoms with Crippen molar-refractivity contribution in [1.82, 2.24) is 0 Å². The summed E-state index contributed by atoms with van der Waals surface area (Å²) in [6.07, 6.45) is 0.680. The molecule has 0 fully saturated rings. The third-order valence-electron chi connectivity index (χ3n) is 0.670. The van der Waals surface area contributed by atoms with Crippen LogP contribution in [-0.4, -0.2) is 32.7 Å². The van der Waals surface area contributed by atoms with Gasteiger partial charge < -0.3 is 9.29 Å². The molecule has 6 nitrogen and oxygen atoms in total. The summed E-state index contributed by atoms with van der Waals surface area (Å²) < 4.78 is 28.8. The van der Waals surface area contributed by atoms with Crippen LogP contribution >= 0.6 is 0 Å². The van der Waals surface area contributed by atoms with E-state index in [2.05, 4.69) is 14.9 Å². The van der Waals surface area contributed by atoms with Crippen molar-refractivity contribution in [3.63, 3.8) is 0 Å². The van der Waals surface area contributed by atoms with Gasteiger partial charge >= 0.3 is 16.4 Å². The molecule has 0 aliphatic carbocycles. The van der Waals surface area contributed by atoms with Crippen LogP contribution in [0.3, 0.4) is 0 Å². The Hall–Kier alpha value is -0.920. The second-order valence-corrected chi connectivity index (χ2v) is 2.78. The molecule has 0 aromatic heterocycles. The molecular weight excluding hydrogens is 188 g/mol. The van der Waals surface area contributed by atoms with E-state index < -0.39 is 29.6 Å². The molecule has 0 aromatic rings. The van der Waals surface area contributed by atoms with Gasteiger partial charge in [-0.1, -0.05) is 6.58 Å². The summed E-state index contributed by atoms with van der Waals surface area (Å²) in [5, 5.41) is 8.17. The van der Waals surface area contributed by atoms with Gasteiger partial charge in [0.05, 0.1) is 13.2 Å². The second-order valence-electron chi connectivity index (χ2n) is 1.56. The van der Waals surface area contributed by atoms with Crippen molar-refractivity contribution in [3.05, 3.63) is 12.7 Å². The van der Waals surface area contributed by atoms with Crippen LogP contribution < -0.4 is 0 Å². The average Bonchev–Trinajstić information content (AvgIpc) is 2.00. The van der Waals surface area contributed by atoms with Gasteiger partial charge in [-0.05, 0) is 0 Å². The lowest BCUT2D eigenvalue weighted by molar-refractivity contribution is -0.129. The van der Waals surface area contributed by atoms with Crippen LogP contribution in [-0.2, 0) is 23.6 Å². The molecule has 0 saturated carbocycles. The van der Waals surface area contributed by atoms with E-state index in [4.69, 9.17) is 5.11 Å². The third-order valence-corrected chi connectivity index (χ3v) is 1.49. The molecule has 0 atom stereocenters. The molecule has 12 heavy (non-hydrogen) atoms. The molecule has 70 valence electrons. The van der Waals surface area contributed by atoms with Crippen LogP contribution in [0.4, 0.5) is 0 Å². The zero-order valence-corrected chi connectivity index (χ0v) is 6.91. The number of carbonyl (C=O) groups is 1. The SMILES string of the molecule is C=CC(=O)OS(=O)(=O)OCCO. The van der Waals surface area contributed by atoms with E-state index in [1.165, 1.54) is 0 Å². The van der Waals surface area contributed by atoms with Crippen LogP contribution in [0.5, 0.6) is 0 Å². The van der Waals surface area contributed by atoms with Crippen LogP contribution in [0.15, 0.2) is 12.7 Å². The Labute approximate surface area is 69.7 Å². The number of carbonyl (C=O) groups excluding carboxylic acids is 1. The predicted octanol–water partition coefficient (Wildman–Crippen LogP) is -1.03. The number of hydrogen-bond acceptors (Lipinski definition) is 6. The van der Waals surface area contributed by atoms with E-state index in [1.807, 2.05) is 0 Å². The molecule has 7 heteroatoms. The fraction of sp³-hybridized carbons (Fsp3) is 0.400. The van der Waals surface area contributed by atoms with Gasteiger partial charge in [0.25, 0.3) is 0 Å². The summed E-state index contributed by atoms with van der Waals surface area (Å²) in [4.78, 5) is 10.3. The Morgan fingerprint density at radius 2 is 2.17 bits per heavy atom. The predicted molar refractivity (Wildman–Crippen MR) is 38.2 cm³/mol. The number of rotatable bonds is 5. The maximum Gasteiger partial charge on any atom is 0.451 e. The number of aliphatic hydroxyl groups is 1. The van der Waals surface area contributed by atoms with E-state index in [-0.39, 0.29) is 0 Å². The molecule has 0 amide bonds. The van der Waals surface area contributed by atoms with E-state index in [0.717, 1.165) is 0 Å². The summed E-state index contributed by atoms with van der Waals surface area (Å²) in [7, 11) is -4.34. The van der Waals surface area contributed by atoms with Gasteiger partial charge in [-0.2, -0.15) is 8.42 Å². The van der Waals surface area contributed by atoms with Gasteiger partial charge in [0.1, 0.15) is 0 Å². The maximum atomic E-state index is 10.5. The molecule has 0 radical (unpaired) electrons. The molecule has 0 saturated heterocycles. The first-order valence-corrected chi connectivity index (χ1v) is 4.21. The molecule has 1 N–H and O–H groups in total. The van der Waals surface area contributed by atoms with Gasteiger partial charge in [0.15, 0.2) is 0 Å². The van der Waals surface area contributed by atoms with Crippen molar-refractivity contribution in [2.45, 2.75) is 0 Å². The highest BCUT2D eigenvalue weighted by atomic mass is 32.3. The van der Waals surface area contributed by atoms with Crippen molar-refractivity contribution in [3.8, 4) is 0 Å².